The molecule has 9 heteroatoms. The maximum atomic E-state index is 12.5. The first-order chi connectivity index (χ1) is 15.5. The average molecular weight is 448 g/mol. The molecule has 8 nitrogen and oxygen atoms in total. The average Bonchev–Trinajstić information content (AvgIpc) is 3.55. The van der Waals surface area contributed by atoms with Crippen LogP contribution in [0.15, 0.2) is 67.3 Å². The smallest absolute Gasteiger partial charge is 0.258 e. The number of fused-ring (bicyclic) bond motifs is 1. The number of benzene rings is 1. The predicted octanol–water partition coefficient (Wildman–Crippen LogP) is 4.78. The molecule has 0 saturated heterocycles. The number of nitrogens with one attached hydrogen (secondary N) is 2. The number of rotatable bonds is 6. The molecule has 1 saturated carbocycles. The topological polar surface area (TPSA) is 97.6 Å². The van der Waals surface area contributed by atoms with Crippen LogP contribution in [-0.2, 0) is 4.79 Å². The Kier molecular flexibility index (Phi) is 5.20. The van der Waals surface area contributed by atoms with E-state index in [-0.39, 0.29) is 23.3 Å². The van der Waals surface area contributed by atoms with Crippen LogP contribution in [0.25, 0.3) is 5.65 Å². The second-order valence-electron chi connectivity index (χ2n) is 7.46. The molecule has 5 rings (SSSR count). The Balaban J connectivity index is 1.30. The van der Waals surface area contributed by atoms with E-state index in [1.165, 1.54) is 12.4 Å². The third kappa shape index (κ3) is 4.40. The van der Waals surface area contributed by atoms with Gasteiger partial charge in [0.2, 0.25) is 5.91 Å². The van der Waals surface area contributed by atoms with E-state index in [4.69, 9.17) is 16.3 Å². The molecule has 160 valence electrons. The Bertz CT molecular complexity index is 1330. The van der Waals surface area contributed by atoms with Crippen molar-refractivity contribution < 1.29 is 14.3 Å². The van der Waals surface area contributed by atoms with E-state index in [2.05, 4.69) is 20.6 Å². The molecule has 0 spiro atoms. The third-order valence-electron chi connectivity index (χ3n) is 4.96. The van der Waals surface area contributed by atoms with Crippen LogP contribution in [0, 0.1) is 5.92 Å². The van der Waals surface area contributed by atoms with E-state index in [9.17, 15) is 9.59 Å². The normalized spacial score (nSPS) is 13.0. The molecule has 4 aromatic rings. The van der Waals surface area contributed by atoms with Gasteiger partial charge in [-0.2, -0.15) is 0 Å². The third-order valence-corrected chi connectivity index (χ3v) is 5.29. The van der Waals surface area contributed by atoms with Gasteiger partial charge in [-0.1, -0.05) is 17.7 Å². The van der Waals surface area contributed by atoms with Gasteiger partial charge in [0.15, 0.2) is 5.82 Å². The van der Waals surface area contributed by atoms with Crippen LogP contribution in [0.3, 0.4) is 0 Å². The van der Waals surface area contributed by atoms with E-state index in [0.29, 0.717) is 33.7 Å². The zero-order chi connectivity index (χ0) is 22.1. The minimum atomic E-state index is -0.360. The molecule has 32 heavy (non-hydrogen) atoms. The van der Waals surface area contributed by atoms with E-state index in [1.54, 1.807) is 59.3 Å². The largest absolute Gasteiger partial charge is 0.456 e. The molecule has 0 bridgehead atoms. The molecule has 1 aromatic carbocycles. The maximum Gasteiger partial charge on any atom is 0.258 e. The van der Waals surface area contributed by atoms with Gasteiger partial charge < -0.3 is 19.8 Å². The van der Waals surface area contributed by atoms with Crippen molar-refractivity contribution in [2.75, 3.05) is 10.6 Å². The van der Waals surface area contributed by atoms with Crippen molar-refractivity contribution in [2.24, 2.45) is 5.92 Å². The molecule has 1 aliphatic carbocycles. The Hall–Kier alpha value is -3.91. The van der Waals surface area contributed by atoms with Crippen LogP contribution in [0.4, 0.5) is 11.5 Å². The van der Waals surface area contributed by atoms with Gasteiger partial charge in [-0.3, -0.25) is 14.6 Å². The number of ether oxygens (including phenoxy) is 1. The Morgan fingerprint density at radius 3 is 2.75 bits per heavy atom. The fourth-order valence-corrected chi connectivity index (χ4v) is 3.37. The van der Waals surface area contributed by atoms with Crippen molar-refractivity contribution in [1.82, 2.24) is 14.4 Å². The summed E-state index contributed by atoms with van der Waals surface area (Å²) in [5.41, 5.74) is 1.54. The highest BCUT2D eigenvalue weighted by Crippen LogP contribution is 2.30. The Morgan fingerprint density at radius 2 is 1.94 bits per heavy atom. The lowest BCUT2D eigenvalue weighted by molar-refractivity contribution is -0.117. The molecule has 3 heterocycles. The van der Waals surface area contributed by atoms with Crippen LogP contribution < -0.4 is 15.4 Å². The summed E-state index contributed by atoms with van der Waals surface area (Å²) in [5.74, 6) is 1.39. The molecular formula is C23H18ClN5O3. The Labute approximate surface area is 188 Å². The van der Waals surface area contributed by atoms with E-state index >= 15 is 0 Å². The maximum absolute atomic E-state index is 12.5. The molecule has 2 N–H and O–H groups in total. The van der Waals surface area contributed by atoms with Crippen molar-refractivity contribution in [3.8, 4) is 11.5 Å². The summed E-state index contributed by atoms with van der Waals surface area (Å²) < 4.78 is 7.74. The highest BCUT2D eigenvalue weighted by molar-refractivity contribution is 6.34. The highest BCUT2D eigenvalue weighted by Gasteiger charge is 2.30. The Morgan fingerprint density at radius 1 is 1.06 bits per heavy atom. The van der Waals surface area contributed by atoms with Gasteiger partial charge in [0.1, 0.15) is 17.1 Å². The molecule has 0 radical (unpaired) electrons. The number of pyridine rings is 2. The van der Waals surface area contributed by atoms with Crippen molar-refractivity contribution in [3.63, 3.8) is 0 Å². The number of anilines is 2. The fourth-order valence-electron chi connectivity index (χ4n) is 3.18. The SMILES string of the molecule is O=C(Nc1cccc(Oc2ccc3nc(NC(=O)C4CC4)cn3c2)c1)c1cnccc1Cl. The van der Waals surface area contributed by atoms with Gasteiger partial charge in [0, 0.05) is 30.1 Å². The van der Waals surface area contributed by atoms with Gasteiger partial charge >= 0.3 is 0 Å². The molecule has 0 unspecified atom stereocenters. The number of nitrogens with zero attached hydrogens (tertiary/aromatic N) is 3. The number of aromatic nitrogens is 3. The molecule has 0 atom stereocenters. The first-order valence-electron chi connectivity index (χ1n) is 10.0. The second kappa shape index (κ2) is 8.32. The van der Waals surface area contributed by atoms with Gasteiger partial charge in [0.25, 0.3) is 5.91 Å². The zero-order valence-corrected chi connectivity index (χ0v) is 17.5. The zero-order valence-electron chi connectivity index (χ0n) is 16.8. The standard InChI is InChI=1S/C23H18ClN5O3/c24-19-8-9-25-11-18(19)23(31)26-15-2-1-3-16(10-15)32-17-6-7-21-27-20(13-29(21)12-17)28-22(30)14-4-5-14/h1-3,6-14H,4-5H2,(H,26,31)(H,28,30). The minimum Gasteiger partial charge on any atom is -0.456 e. The van der Waals surface area contributed by atoms with Crippen molar-refractivity contribution in [1.29, 1.82) is 0 Å². The van der Waals surface area contributed by atoms with Crippen LogP contribution in [0.5, 0.6) is 11.5 Å². The summed E-state index contributed by atoms with van der Waals surface area (Å²) in [6.07, 6.45) is 8.33. The lowest BCUT2D eigenvalue weighted by Gasteiger charge is -2.10. The molecule has 1 aliphatic rings. The van der Waals surface area contributed by atoms with E-state index < -0.39 is 0 Å². The van der Waals surface area contributed by atoms with Crippen LogP contribution in [0.1, 0.15) is 23.2 Å². The summed E-state index contributed by atoms with van der Waals surface area (Å²) in [6, 6.07) is 12.2. The number of hydrogen-bond acceptors (Lipinski definition) is 5. The number of halogens is 1. The molecule has 2 amide bonds. The monoisotopic (exact) mass is 447 g/mol. The summed E-state index contributed by atoms with van der Waals surface area (Å²) in [4.78, 5) is 32.8. The summed E-state index contributed by atoms with van der Waals surface area (Å²) in [5, 5.41) is 5.96. The van der Waals surface area contributed by atoms with Crippen LogP contribution in [-0.4, -0.2) is 26.2 Å². The number of hydrogen-bond donors (Lipinski definition) is 2. The lowest BCUT2D eigenvalue weighted by atomic mass is 10.2. The first kappa shape index (κ1) is 20.0. The van der Waals surface area contributed by atoms with Gasteiger partial charge in [0.05, 0.1) is 23.0 Å². The summed E-state index contributed by atoms with van der Waals surface area (Å²) >= 11 is 6.06. The summed E-state index contributed by atoms with van der Waals surface area (Å²) in [7, 11) is 0. The second-order valence-corrected chi connectivity index (χ2v) is 7.87. The van der Waals surface area contributed by atoms with E-state index in [0.717, 1.165) is 12.8 Å². The van der Waals surface area contributed by atoms with Crippen molar-refractivity contribution >= 4 is 40.6 Å². The van der Waals surface area contributed by atoms with Crippen LogP contribution >= 0.6 is 11.6 Å². The fraction of sp³-hybridized carbons (Fsp3) is 0.130. The number of carbonyl (C=O) groups excluding carboxylic acids is 2. The number of imidazole rings is 1. The van der Waals surface area contributed by atoms with Crippen molar-refractivity contribution in [3.05, 3.63) is 77.8 Å². The van der Waals surface area contributed by atoms with E-state index in [1.807, 2.05) is 0 Å². The first-order valence-corrected chi connectivity index (χ1v) is 10.4. The molecule has 3 aromatic heterocycles. The lowest BCUT2D eigenvalue weighted by Crippen LogP contribution is -2.13. The summed E-state index contributed by atoms with van der Waals surface area (Å²) in [6.45, 7) is 0. The predicted molar refractivity (Wildman–Crippen MR) is 120 cm³/mol. The van der Waals surface area contributed by atoms with Gasteiger partial charge in [-0.05, 0) is 43.2 Å². The molecule has 0 aliphatic heterocycles. The number of carbonyl (C=O) groups is 2. The van der Waals surface area contributed by atoms with Gasteiger partial charge in [-0.25, -0.2) is 4.98 Å². The minimum absolute atomic E-state index is 0.0105. The quantitative estimate of drug-likeness (QED) is 0.443. The molecular weight excluding hydrogens is 430 g/mol. The number of amides is 2. The van der Waals surface area contributed by atoms with Gasteiger partial charge in [-0.15, -0.1) is 0 Å². The van der Waals surface area contributed by atoms with Crippen molar-refractivity contribution in [2.45, 2.75) is 12.8 Å². The van der Waals surface area contributed by atoms with Crippen LogP contribution in [0.2, 0.25) is 5.02 Å². The highest BCUT2D eigenvalue weighted by atomic mass is 35.5. The molecule has 1 fully saturated rings.